The van der Waals surface area contributed by atoms with E-state index in [1.54, 1.807) is 17.4 Å². The Labute approximate surface area is 148 Å². The van der Waals surface area contributed by atoms with E-state index in [1.165, 1.54) is 11.6 Å². The van der Waals surface area contributed by atoms with Crippen LogP contribution in [0.25, 0.3) is 11.0 Å². The molecule has 0 unspecified atom stereocenters. The standard InChI is InChI=1S/C19H18N2O3S/c1-12-9-18(22)24-17-10-14(4-5-15(12)17)20-19(23)21-7-2-3-16(21)13-6-8-25-11-13/h4-6,8-11,16H,2-3,7H2,1H3,(H,20,23)/t16-/m1/s1. The quantitative estimate of drug-likeness (QED) is 0.688. The normalized spacial score (nSPS) is 17.2. The van der Waals surface area contributed by atoms with Crippen molar-refractivity contribution in [2.24, 2.45) is 0 Å². The fraction of sp³-hybridized carbons (Fsp3) is 0.263. The molecular formula is C19H18N2O3S. The number of likely N-dealkylation sites (tertiary alicyclic amines) is 1. The molecule has 1 aliphatic heterocycles. The van der Waals surface area contributed by atoms with Crippen LogP contribution in [0, 0.1) is 6.92 Å². The van der Waals surface area contributed by atoms with Crippen LogP contribution in [0.15, 0.2) is 50.3 Å². The molecule has 2 aromatic heterocycles. The molecule has 0 radical (unpaired) electrons. The first-order valence-electron chi connectivity index (χ1n) is 8.26. The molecule has 25 heavy (non-hydrogen) atoms. The number of benzene rings is 1. The largest absolute Gasteiger partial charge is 0.423 e. The number of carbonyl (C=O) groups is 1. The van der Waals surface area contributed by atoms with Crippen LogP contribution in [0.2, 0.25) is 0 Å². The van der Waals surface area contributed by atoms with Crippen LogP contribution in [-0.2, 0) is 0 Å². The van der Waals surface area contributed by atoms with Gasteiger partial charge >= 0.3 is 11.7 Å². The van der Waals surface area contributed by atoms with Gasteiger partial charge in [0.1, 0.15) is 5.58 Å². The maximum absolute atomic E-state index is 12.7. The molecule has 2 amide bonds. The zero-order chi connectivity index (χ0) is 17.4. The highest BCUT2D eigenvalue weighted by molar-refractivity contribution is 7.08. The number of nitrogens with one attached hydrogen (secondary N) is 1. The Morgan fingerprint density at radius 3 is 3.00 bits per heavy atom. The average molecular weight is 354 g/mol. The number of nitrogens with zero attached hydrogens (tertiary/aromatic N) is 1. The second-order valence-corrected chi connectivity index (χ2v) is 7.08. The molecule has 1 aliphatic rings. The molecule has 6 heteroatoms. The number of hydrogen-bond acceptors (Lipinski definition) is 4. The Bertz CT molecular complexity index is 978. The number of fused-ring (bicyclic) bond motifs is 1. The van der Waals surface area contributed by atoms with Gasteiger partial charge in [0.2, 0.25) is 0 Å². The predicted molar refractivity (Wildman–Crippen MR) is 99.2 cm³/mol. The first-order valence-corrected chi connectivity index (χ1v) is 9.20. The van der Waals surface area contributed by atoms with Gasteiger partial charge in [-0.15, -0.1) is 0 Å². The summed E-state index contributed by atoms with van der Waals surface area (Å²) in [6, 6.07) is 8.96. The van der Waals surface area contributed by atoms with Crippen molar-refractivity contribution < 1.29 is 9.21 Å². The number of aryl methyl sites for hydroxylation is 1. The van der Waals surface area contributed by atoms with Crippen molar-refractivity contribution in [2.75, 3.05) is 11.9 Å². The first-order chi connectivity index (χ1) is 12.1. The fourth-order valence-corrected chi connectivity index (χ4v) is 4.13. The predicted octanol–water partition coefficient (Wildman–Crippen LogP) is 4.53. The van der Waals surface area contributed by atoms with E-state index in [-0.39, 0.29) is 17.7 Å². The minimum atomic E-state index is -0.384. The van der Waals surface area contributed by atoms with Gasteiger partial charge in [-0.05, 0) is 59.9 Å². The molecule has 0 spiro atoms. The van der Waals surface area contributed by atoms with Crippen molar-refractivity contribution in [3.63, 3.8) is 0 Å². The van der Waals surface area contributed by atoms with Gasteiger partial charge in [0.15, 0.2) is 0 Å². The lowest BCUT2D eigenvalue weighted by atomic mass is 10.1. The minimum absolute atomic E-state index is 0.122. The summed E-state index contributed by atoms with van der Waals surface area (Å²) in [5.41, 5.74) is 2.78. The van der Waals surface area contributed by atoms with E-state index in [1.807, 2.05) is 29.3 Å². The number of hydrogen-bond donors (Lipinski definition) is 1. The van der Waals surface area contributed by atoms with Gasteiger partial charge in [-0.25, -0.2) is 9.59 Å². The molecule has 5 nitrogen and oxygen atoms in total. The van der Waals surface area contributed by atoms with E-state index in [4.69, 9.17) is 4.42 Å². The highest BCUT2D eigenvalue weighted by atomic mass is 32.1. The summed E-state index contributed by atoms with van der Waals surface area (Å²) in [5, 5.41) is 7.95. The summed E-state index contributed by atoms with van der Waals surface area (Å²) in [7, 11) is 0. The van der Waals surface area contributed by atoms with Crippen molar-refractivity contribution >= 4 is 34.0 Å². The summed E-state index contributed by atoms with van der Waals surface area (Å²) >= 11 is 1.65. The van der Waals surface area contributed by atoms with Crippen molar-refractivity contribution in [2.45, 2.75) is 25.8 Å². The summed E-state index contributed by atoms with van der Waals surface area (Å²) in [6.07, 6.45) is 1.98. The molecule has 128 valence electrons. The van der Waals surface area contributed by atoms with Crippen LogP contribution >= 0.6 is 11.3 Å². The van der Waals surface area contributed by atoms with Crippen LogP contribution in [0.4, 0.5) is 10.5 Å². The SMILES string of the molecule is Cc1cc(=O)oc2cc(NC(=O)N3CCC[C@@H]3c3ccsc3)ccc12. The third-order valence-corrected chi connectivity index (χ3v) is 5.35. The molecule has 3 heterocycles. The Kier molecular flexibility index (Phi) is 4.05. The third kappa shape index (κ3) is 3.05. The summed E-state index contributed by atoms with van der Waals surface area (Å²) < 4.78 is 5.25. The highest BCUT2D eigenvalue weighted by Gasteiger charge is 2.30. The maximum Gasteiger partial charge on any atom is 0.336 e. The zero-order valence-corrected chi connectivity index (χ0v) is 14.6. The van der Waals surface area contributed by atoms with Crippen LogP contribution in [0.5, 0.6) is 0 Å². The lowest BCUT2D eigenvalue weighted by molar-refractivity contribution is 0.207. The molecule has 0 aliphatic carbocycles. The van der Waals surface area contributed by atoms with Gasteiger partial charge in [-0.3, -0.25) is 0 Å². The van der Waals surface area contributed by atoms with E-state index in [2.05, 4.69) is 16.8 Å². The van der Waals surface area contributed by atoms with Crippen LogP contribution in [0.1, 0.15) is 30.0 Å². The number of urea groups is 1. The number of anilines is 1. The van der Waals surface area contributed by atoms with Crippen LogP contribution < -0.4 is 10.9 Å². The van der Waals surface area contributed by atoms with Crippen LogP contribution in [0.3, 0.4) is 0 Å². The molecular weight excluding hydrogens is 336 g/mol. The van der Waals surface area contributed by atoms with E-state index in [0.717, 1.165) is 30.3 Å². The molecule has 0 saturated carbocycles. The van der Waals surface area contributed by atoms with Crippen molar-refractivity contribution in [3.05, 3.63) is 62.6 Å². The summed E-state index contributed by atoms with van der Waals surface area (Å²) in [4.78, 5) is 26.1. The Balaban J connectivity index is 1.58. The molecule has 1 aromatic carbocycles. The topological polar surface area (TPSA) is 62.6 Å². The number of rotatable bonds is 2. The van der Waals surface area contributed by atoms with Gasteiger partial charge < -0.3 is 14.6 Å². The smallest absolute Gasteiger partial charge is 0.336 e. The zero-order valence-electron chi connectivity index (χ0n) is 13.8. The second-order valence-electron chi connectivity index (χ2n) is 6.30. The molecule has 3 aromatic rings. The third-order valence-electron chi connectivity index (χ3n) is 4.64. The van der Waals surface area contributed by atoms with Crippen molar-refractivity contribution in [1.82, 2.24) is 4.90 Å². The lowest BCUT2D eigenvalue weighted by Crippen LogP contribution is -2.34. The Morgan fingerprint density at radius 2 is 2.20 bits per heavy atom. The van der Waals surface area contributed by atoms with Crippen LogP contribution in [-0.4, -0.2) is 17.5 Å². The molecule has 1 atom stereocenters. The van der Waals surface area contributed by atoms with Gasteiger partial charge in [0.25, 0.3) is 0 Å². The van der Waals surface area contributed by atoms with Crippen molar-refractivity contribution in [3.8, 4) is 0 Å². The Hall–Kier alpha value is -2.60. The van der Waals surface area contributed by atoms with Gasteiger partial charge in [0, 0.05) is 29.8 Å². The fourth-order valence-electron chi connectivity index (χ4n) is 3.42. The van der Waals surface area contributed by atoms with E-state index in [9.17, 15) is 9.59 Å². The molecule has 0 bridgehead atoms. The molecule has 1 saturated heterocycles. The maximum atomic E-state index is 12.7. The molecule has 1 N–H and O–H groups in total. The van der Waals surface area contributed by atoms with Gasteiger partial charge in [-0.1, -0.05) is 0 Å². The van der Waals surface area contributed by atoms with Gasteiger partial charge in [0.05, 0.1) is 6.04 Å². The minimum Gasteiger partial charge on any atom is -0.423 e. The lowest BCUT2D eigenvalue weighted by Gasteiger charge is -2.24. The van der Waals surface area contributed by atoms with Crippen molar-refractivity contribution in [1.29, 1.82) is 0 Å². The number of amides is 2. The summed E-state index contributed by atoms with van der Waals surface area (Å²) in [6.45, 7) is 2.61. The van der Waals surface area contributed by atoms with E-state index < -0.39 is 0 Å². The summed E-state index contributed by atoms with van der Waals surface area (Å²) in [5.74, 6) is 0. The van der Waals surface area contributed by atoms with Gasteiger partial charge in [-0.2, -0.15) is 11.3 Å². The Morgan fingerprint density at radius 1 is 1.32 bits per heavy atom. The highest BCUT2D eigenvalue weighted by Crippen LogP contribution is 2.33. The number of carbonyl (C=O) groups excluding carboxylic acids is 1. The number of thiophene rings is 1. The average Bonchev–Trinajstić information content (AvgIpc) is 3.25. The molecule has 4 rings (SSSR count). The second kappa shape index (κ2) is 6.37. The first kappa shape index (κ1) is 15.9. The van der Waals surface area contributed by atoms with E-state index >= 15 is 0 Å². The molecule has 1 fully saturated rings. The monoisotopic (exact) mass is 354 g/mol. The van der Waals surface area contributed by atoms with E-state index in [0.29, 0.717) is 11.3 Å².